The lowest BCUT2D eigenvalue weighted by molar-refractivity contribution is -0.142. The van der Waals surface area contributed by atoms with Crippen LogP contribution in [0.3, 0.4) is 0 Å². The van der Waals surface area contributed by atoms with Gasteiger partial charge in [0.2, 0.25) is 0 Å². The number of para-hydroxylation sites is 1. The molecule has 1 aliphatic rings. The number of carbonyl (C=O) groups is 3. The number of benzene rings is 2. The van der Waals surface area contributed by atoms with Gasteiger partial charge in [-0.15, -0.1) is 0 Å². The number of anilines is 1. The third-order valence-electron chi connectivity index (χ3n) is 4.29. The average Bonchev–Trinajstić information content (AvgIpc) is 3.55. The topological polar surface area (TPSA) is 93.7 Å². The molecule has 2 aromatic carbocycles. The fraction of sp³-hybridized carbons (Fsp3) is 0.227. The lowest BCUT2D eigenvalue weighted by Crippen LogP contribution is -2.27. The van der Waals surface area contributed by atoms with Crippen molar-refractivity contribution in [1.29, 1.82) is 0 Å². The Kier molecular flexibility index (Phi) is 7.24. The van der Waals surface area contributed by atoms with E-state index in [1.54, 1.807) is 42.5 Å². The van der Waals surface area contributed by atoms with Gasteiger partial charge in [0.1, 0.15) is 5.75 Å². The molecule has 1 aliphatic carbocycles. The van der Waals surface area contributed by atoms with Gasteiger partial charge < -0.3 is 20.1 Å². The van der Waals surface area contributed by atoms with Crippen molar-refractivity contribution in [3.8, 4) is 5.75 Å². The van der Waals surface area contributed by atoms with Gasteiger partial charge in [-0.25, -0.2) is 4.79 Å². The van der Waals surface area contributed by atoms with E-state index in [9.17, 15) is 14.4 Å². The summed E-state index contributed by atoms with van der Waals surface area (Å²) in [5.41, 5.74) is 1.42. The van der Waals surface area contributed by atoms with Crippen molar-refractivity contribution < 1.29 is 23.9 Å². The number of rotatable bonds is 8. The summed E-state index contributed by atoms with van der Waals surface area (Å²) in [6.07, 6.45) is 4.70. The van der Waals surface area contributed by atoms with Crippen LogP contribution in [0, 0.1) is 0 Å². The Morgan fingerprint density at radius 1 is 1.17 bits per heavy atom. The van der Waals surface area contributed by atoms with Crippen LogP contribution in [0.5, 0.6) is 5.75 Å². The maximum absolute atomic E-state index is 12.3. The van der Waals surface area contributed by atoms with E-state index in [0.29, 0.717) is 22.6 Å². The Morgan fingerprint density at radius 3 is 2.67 bits per heavy atom. The minimum Gasteiger partial charge on any atom is -0.496 e. The molecule has 0 radical (unpaired) electrons. The summed E-state index contributed by atoms with van der Waals surface area (Å²) in [4.78, 5) is 36.4. The van der Waals surface area contributed by atoms with Gasteiger partial charge in [-0.2, -0.15) is 0 Å². The van der Waals surface area contributed by atoms with Crippen molar-refractivity contribution in [2.75, 3.05) is 19.0 Å². The quantitative estimate of drug-likeness (QED) is 0.452. The van der Waals surface area contributed by atoms with Crippen molar-refractivity contribution in [1.82, 2.24) is 5.32 Å². The molecule has 0 heterocycles. The Morgan fingerprint density at radius 2 is 1.93 bits per heavy atom. The van der Waals surface area contributed by atoms with Crippen LogP contribution in [0.4, 0.5) is 5.69 Å². The SMILES string of the molecule is COc1ccc(Br)cc1/C=C/C(=O)OCC(=O)Nc1ccccc1C(=O)NC1CC1. The van der Waals surface area contributed by atoms with Gasteiger partial charge in [-0.3, -0.25) is 9.59 Å². The van der Waals surface area contributed by atoms with Crippen molar-refractivity contribution in [2.45, 2.75) is 18.9 Å². The largest absolute Gasteiger partial charge is 0.496 e. The summed E-state index contributed by atoms with van der Waals surface area (Å²) >= 11 is 3.36. The van der Waals surface area contributed by atoms with E-state index in [0.717, 1.165) is 17.3 Å². The summed E-state index contributed by atoms with van der Waals surface area (Å²) in [7, 11) is 1.53. The number of esters is 1. The molecule has 1 saturated carbocycles. The number of ether oxygens (including phenoxy) is 2. The molecule has 0 aliphatic heterocycles. The lowest BCUT2D eigenvalue weighted by Gasteiger charge is -2.11. The normalized spacial score (nSPS) is 13.0. The first-order chi connectivity index (χ1) is 14.5. The van der Waals surface area contributed by atoms with Crippen LogP contribution >= 0.6 is 15.9 Å². The van der Waals surface area contributed by atoms with E-state index in [4.69, 9.17) is 9.47 Å². The average molecular weight is 473 g/mol. The van der Waals surface area contributed by atoms with Crippen molar-refractivity contribution >= 4 is 45.5 Å². The first-order valence-corrected chi connectivity index (χ1v) is 10.1. The molecule has 8 heteroatoms. The molecule has 1 fully saturated rings. The Labute approximate surface area is 182 Å². The Hall–Kier alpha value is -3.13. The van der Waals surface area contributed by atoms with E-state index in [1.165, 1.54) is 13.2 Å². The van der Waals surface area contributed by atoms with Crippen molar-refractivity contribution in [3.05, 3.63) is 64.1 Å². The maximum Gasteiger partial charge on any atom is 0.331 e. The highest BCUT2D eigenvalue weighted by atomic mass is 79.9. The minimum absolute atomic E-state index is 0.206. The second-order valence-electron chi connectivity index (χ2n) is 6.67. The molecule has 3 rings (SSSR count). The Balaban J connectivity index is 1.54. The summed E-state index contributed by atoms with van der Waals surface area (Å²) in [6, 6.07) is 12.3. The van der Waals surface area contributed by atoms with Crippen LogP contribution in [0.1, 0.15) is 28.8 Å². The number of nitrogens with one attached hydrogen (secondary N) is 2. The number of hydrogen-bond donors (Lipinski definition) is 2. The number of amides is 2. The van der Waals surface area contributed by atoms with Gasteiger partial charge >= 0.3 is 5.97 Å². The fourth-order valence-corrected chi connectivity index (χ4v) is 3.02. The third kappa shape index (κ3) is 6.18. The molecule has 0 atom stereocenters. The van der Waals surface area contributed by atoms with E-state index >= 15 is 0 Å². The monoisotopic (exact) mass is 472 g/mol. The first-order valence-electron chi connectivity index (χ1n) is 9.34. The number of carbonyl (C=O) groups excluding carboxylic acids is 3. The van der Waals surface area contributed by atoms with Crippen LogP contribution in [0.2, 0.25) is 0 Å². The predicted molar refractivity (Wildman–Crippen MR) is 116 cm³/mol. The van der Waals surface area contributed by atoms with E-state index in [2.05, 4.69) is 26.6 Å². The molecule has 0 saturated heterocycles. The van der Waals surface area contributed by atoms with Crippen molar-refractivity contribution in [2.24, 2.45) is 0 Å². The summed E-state index contributed by atoms with van der Waals surface area (Å²) in [5.74, 6) is -0.854. The molecule has 2 aromatic rings. The van der Waals surface area contributed by atoms with Crippen LogP contribution in [-0.2, 0) is 14.3 Å². The molecular formula is C22H21BrN2O5. The van der Waals surface area contributed by atoms with Gasteiger partial charge in [0.05, 0.1) is 18.4 Å². The van der Waals surface area contributed by atoms with Crippen LogP contribution in [-0.4, -0.2) is 37.5 Å². The molecule has 2 N–H and O–H groups in total. The summed E-state index contributed by atoms with van der Waals surface area (Å²) in [6.45, 7) is -0.475. The third-order valence-corrected chi connectivity index (χ3v) is 4.79. The van der Waals surface area contributed by atoms with E-state index in [-0.39, 0.29) is 11.9 Å². The van der Waals surface area contributed by atoms with Gasteiger partial charge in [0.25, 0.3) is 11.8 Å². The molecule has 0 unspecified atom stereocenters. The number of halogens is 1. The van der Waals surface area contributed by atoms with Gasteiger partial charge in [0.15, 0.2) is 6.61 Å². The predicted octanol–water partition coefficient (Wildman–Crippen LogP) is 3.55. The summed E-state index contributed by atoms with van der Waals surface area (Å²) < 4.78 is 11.1. The second-order valence-corrected chi connectivity index (χ2v) is 7.58. The number of methoxy groups -OCH3 is 1. The molecular weight excluding hydrogens is 452 g/mol. The van der Waals surface area contributed by atoms with Crippen LogP contribution in [0.25, 0.3) is 6.08 Å². The molecule has 0 spiro atoms. The highest BCUT2D eigenvalue weighted by molar-refractivity contribution is 9.10. The number of hydrogen-bond acceptors (Lipinski definition) is 5. The molecule has 156 valence electrons. The maximum atomic E-state index is 12.3. The van der Waals surface area contributed by atoms with E-state index < -0.39 is 18.5 Å². The first kappa shape index (κ1) is 21.6. The van der Waals surface area contributed by atoms with Crippen LogP contribution < -0.4 is 15.4 Å². The molecule has 7 nitrogen and oxygen atoms in total. The van der Waals surface area contributed by atoms with Gasteiger partial charge in [0, 0.05) is 22.2 Å². The highest BCUT2D eigenvalue weighted by Crippen LogP contribution is 2.24. The second kappa shape index (κ2) is 10.1. The van der Waals surface area contributed by atoms with Crippen molar-refractivity contribution in [3.63, 3.8) is 0 Å². The van der Waals surface area contributed by atoms with E-state index in [1.807, 2.05) is 6.07 Å². The highest BCUT2D eigenvalue weighted by Gasteiger charge is 2.25. The fourth-order valence-electron chi connectivity index (χ4n) is 2.65. The zero-order valence-electron chi connectivity index (χ0n) is 16.3. The summed E-state index contributed by atoms with van der Waals surface area (Å²) in [5, 5.41) is 5.49. The minimum atomic E-state index is -0.674. The molecule has 0 aromatic heterocycles. The van der Waals surface area contributed by atoms with Gasteiger partial charge in [-0.05, 0) is 49.2 Å². The van der Waals surface area contributed by atoms with Crippen LogP contribution in [0.15, 0.2) is 53.0 Å². The smallest absolute Gasteiger partial charge is 0.331 e. The Bertz CT molecular complexity index is 985. The molecule has 30 heavy (non-hydrogen) atoms. The molecule has 2 amide bonds. The zero-order chi connectivity index (χ0) is 21.5. The van der Waals surface area contributed by atoms with Gasteiger partial charge in [-0.1, -0.05) is 28.1 Å². The lowest BCUT2D eigenvalue weighted by atomic mass is 10.1. The molecule has 0 bridgehead atoms. The zero-order valence-corrected chi connectivity index (χ0v) is 17.9. The standard InChI is InChI=1S/C22H21BrN2O5/c1-29-19-10-7-15(23)12-14(19)6-11-21(27)30-13-20(26)25-18-5-3-2-4-17(18)22(28)24-16-8-9-16/h2-7,10-12,16H,8-9,13H2,1H3,(H,24,28)(H,25,26)/b11-6+.